The fourth-order valence-electron chi connectivity index (χ4n) is 2.40. The molecule has 3 aromatic rings. The van der Waals surface area contributed by atoms with Crippen LogP contribution in [0.2, 0.25) is 0 Å². The molecule has 4 nitrogen and oxygen atoms in total. The van der Waals surface area contributed by atoms with E-state index < -0.39 is 24.5 Å². The number of aryl methyl sites for hydroxylation is 1. The van der Waals surface area contributed by atoms with Crippen molar-refractivity contribution in [1.29, 1.82) is 0 Å². The van der Waals surface area contributed by atoms with Gasteiger partial charge in [-0.2, -0.15) is 13.2 Å². The van der Waals surface area contributed by atoms with Crippen LogP contribution in [0.3, 0.4) is 0 Å². The van der Waals surface area contributed by atoms with Crippen LogP contribution >= 0.6 is 0 Å². The Morgan fingerprint density at radius 2 is 1.85 bits per heavy atom. The summed E-state index contributed by atoms with van der Waals surface area (Å²) in [5.74, 6) is -0.940. The maximum absolute atomic E-state index is 13.3. The van der Waals surface area contributed by atoms with Crippen LogP contribution in [0.5, 0.6) is 5.75 Å². The van der Waals surface area contributed by atoms with Gasteiger partial charge in [-0.3, -0.25) is 4.79 Å². The highest BCUT2D eigenvalue weighted by Crippen LogP contribution is 2.27. The molecule has 8 heteroatoms. The van der Waals surface area contributed by atoms with Gasteiger partial charge in [-0.25, -0.2) is 4.39 Å². The minimum atomic E-state index is -4.43. The zero-order chi connectivity index (χ0) is 18.9. The third-order valence-corrected chi connectivity index (χ3v) is 3.62. The topological polar surface area (TPSA) is 51.5 Å². The Balaban J connectivity index is 1.73. The SMILES string of the molecule is Cc1c(C(=O)Nc2ccc(OCC(F)(F)F)cc2)oc2ccc(F)cc12. The first-order valence-corrected chi connectivity index (χ1v) is 7.52. The lowest BCUT2D eigenvalue weighted by atomic mass is 10.1. The number of ether oxygens (including phenoxy) is 1. The summed E-state index contributed by atoms with van der Waals surface area (Å²) < 4.78 is 59.7. The monoisotopic (exact) mass is 367 g/mol. The number of benzene rings is 2. The van der Waals surface area contributed by atoms with Gasteiger partial charge in [0.05, 0.1) is 0 Å². The minimum Gasteiger partial charge on any atom is -0.484 e. The summed E-state index contributed by atoms with van der Waals surface area (Å²) in [6, 6.07) is 9.36. The van der Waals surface area contributed by atoms with E-state index in [4.69, 9.17) is 4.42 Å². The summed E-state index contributed by atoms with van der Waals surface area (Å²) in [4.78, 5) is 12.4. The van der Waals surface area contributed by atoms with Crippen LogP contribution in [0.15, 0.2) is 46.9 Å². The zero-order valence-electron chi connectivity index (χ0n) is 13.5. The average Bonchev–Trinajstić information content (AvgIpc) is 2.90. The van der Waals surface area contributed by atoms with Crippen molar-refractivity contribution in [2.75, 3.05) is 11.9 Å². The number of anilines is 1. The van der Waals surface area contributed by atoms with E-state index >= 15 is 0 Å². The van der Waals surface area contributed by atoms with Gasteiger partial charge < -0.3 is 14.5 Å². The summed E-state index contributed by atoms with van der Waals surface area (Å²) in [6.45, 7) is 0.238. The van der Waals surface area contributed by atoms with E-state index in [0.29, 0.717) is 22.2 Å². The number of carbonyl (C=O) groups excluding carboxylic acids is 1. The average molecular weight is 367 g/mol. The van der Waals surface area contributed by atoms with E-state index in [1.807, 2.05) is 0 Å². The van der Waals surface area contributed by atoms with E-state index in [1.165, 1.54) is 42.5 Å². The number of hydrogen-bond acceptors (Lipinski definition) is 3. The Morgan fingerprint density at radius 3 is 2.50 bits per heavy atom. The maximum Gasteiger partial charge on any atom is 0.422 e. The van der Waals surface area contributed by atoms with E-state index in [0.717, 1.165) is 0 Å². The number of fused-ring (bicyclic) bond motifs is 1. The zero-order valence-corrected chi connectivity index (χ0v) is 13.5. The molecule has 0 aliphatic heterocycles. The van der Waals surface area contributed by atoms with Crippen molar-refractivity contribution in [3.63, 3.8) is 0 Å². The van der Waals surface area contributed by atoms with Crippen LogP contribution in [0.25, 0.3) is 11.0 Å². The standard InChI is InChI=1S/C18H13F4NO3/c1-10-14-8-11(19)2-7-15(14)26-16(10)17(24)23-12-3-5-13(6-4-12)25-9-18(20,21)22/h2-8H,9H2,1H3,(H,23,24). The molecule has 1 heterocycles. The summed E-state index contributed by atoms with van der Waals surface area (Å²) in [7, 11) is 0. The molecule has 3 rings (SSSR count). The second kappa shape index (κ2) is 6.70. The van der Waals surface area contributed by atoms with E-state index in [-0.39, 0.29) is 11.5 Å². The lowest BCUT2D eigenvalue weighted by molar-refractivity contribution is -0.153. The molecule has 0 radical (unpaired) electrons. The molecule has 0 bridgehead atoms. The van der Waals surface area contributed by atoms with Gasteiger partial charge in [-0.15, -0.1) is 0 Å². The molecule has 0 saturated heterocycles. The van der Waals surface area contributed by atoms with Gasteiger partial charge in [-0.1, -0.05) is 0 Å². The molecule has 1 aromatic heterocycles. The molecule has 1 N–H and O–H groups in total. The van der Waals surface area contributed by atoms with Gasteiger partial charge in [0, 0.05) is 16.6 Å². The molecular weight excluding hydrogens is 354 g/mol. The molecular formula is C18H13F4NO3. The summed E-state index contributed by atoms with van der Waals surface area (Å²) >= 11 is 0. The molecule has 0 spiro atoms. The summed E-state index contributed by atoms with van der Waals surface area (Å²) in [6.07, 6.45) is -4.43. The Labute approximate surface area is 145 Å². The van der Waals surface area contributed by atoms with Gasteiger partial charge in [-0.05, 0) is 49.4 Å². The highest BCUT2D eigenvalue weighted by atomic mass is 19.4. The fourth-order valence-corrected chi connectivity index (χ4v) is 2.40. The van der Waals surface area contributed by atoms with Crippen molar-refractivity contribution >= 4 is 22.6 Å². The van der Waals surface area contributed by atoms with Crippen molar-refractivity contribution in [2.45, 2.75) is 13.1 Å². The Morgan fingerprint density at radius 1 is 1.15 bits per heavy atom. The first-order chi connectivity index (χ1) is 12.2. The van der Waals surface area contributed by atoms with Crippen LogP contribution < -0.4 is 10.1 Å². The lowest BCUT2D eigenvalue weighted by Gasteiger charge is -2.10. The third-order valence-electron chi connectivity index (χ3n) is 3.62. The van der Waals surface area contributed by atoms with Gasteiger partial charge in [0.25, 0.3) is 5.91 Å². The number of carbonyl (C=O) groups is 1. The molecule has 2 aromatic carbocycles. The van der Waals surface area contributed by atoms with Crippen LogP contribution in [-0.4, -0.2) is 18.7 Å². The number of rotatable bonds is 4. The second-order valence-corrected chi connectivity index (χ2v) is 5.58. The molecule has 0 saturated carbocycles. The molecule has 136 valence electrons. The van der Waals surface area contributed by atoms with Gasteiger partial charge >= 0.3 is 6.18 Å². The van der Waals surface area contributed by atoms with Crippen LogP contribution in [0.1, 0.15) is 16.1 Å². The highest BCUT2D eigenvalue weighted by Gasteiger charge is 2.28. The van der Waals surface area contributed by atoms with Crippen molar-refractivity contribution in [1.82, 2.24) is 0 Å². The van der Waals surface area contributed by atoms with Gasteiger partial charge in [0.2, 0.25) is 0 Å². The number of alkyl halides is 3. The Hall–Kier alpha value is -3.03. The molecule has 0 aliphatic rings. The predicted octanol–water partition coefficient (Wildman–Crippen LogP) is 5.07. The van der Waals surface area contributed by atoms with Crippen molar-refractivity contribution in [2.24, 2.45) is 0 Å². The Bertz CT molecular complexity index is 945. The predicted molar refractivity (Wildman–Crippen MR) is 86.9 cm³/mol. The van der Waals surface area contributed by atoms with Crippen LogP contribution in [-0.2, 0) is 0 Å². The van der Waals surface area contributed by atoms with Gasteiger partial charge in [0.1, 0.15) is 17.1 Å². The quantitative estimate of drug-likeness (QED) is 0.655. The number of furan rings is 1. The van der Waals surface area contributed by atoms with Crippen molar-refractivity contribution < 1.29 is 31.5 Å². The van der Waals surface area contributed by atoms with Crippen LogP contribution in [0, 0.1) is 12.7 Å². The van der Waals surface area contributed by atoms with Gasteiger partial charge in [0.15, 0.2) is 12.4 Å². The Kier molecular flexibility index (Phi) is 4.58. The normalized spacial score (nSPS) is 11.6. The largest absolute Gasteiger partial charge is 0.484 e. The molecule has 26 heavy (non-hydrogen) atoms. The number of nitrogens with one attached hydrogen (secondary N) is 1. The first-order valence-electron chi connectivity index (χ1n) is 7.52. The maximum atomic E-state index is 13.3. The van der Waals surface area contributed by atoms with Crippen molar-refractivity contribution in [3.8, 4) is 5.75 Å². The summed E-state index contributed by atoms with van der Waals surface area (Å²) in [5, 5.41) is 3.06. The van der Waals surface area contributed by atoms with E-state index in [1.54, 1.807) is 6.92 Å². The lowest BCUT2D eigenvalue weighted by Crippen LogP contribution is -2.19. The fraction of sp³-hybridized carbons (Fsp3) is 0.167. The minimum absolute atomic E-state index is 0.0238. The molecule has 1 amide bonds. The number of halogens is 4. The van der Waals surface area contributed by atoms with E-state index in [9.17, 15) is 22.4 Å². The second-order valence-electron chi connectivity index (χ2n) is 5.58. The van der Waals surface area contributed by atoms with E-state index in [2.05, 4.69) is 10.1 Å². The smallest absolute Gasteiger partial charge is 0.422 e. The van der Waals surface area contributed by atoms with Crippen molar-refractivity contribution in [3.05, 3.63) is 59.6 Å². The highest BCUT2D eigenvalue weighted by molar-refractivity contribution is 6.06. The molecule has 0 fully saturated rings. The molecule has 0 atom stereocenters. The molecule has 0 aliphatic carbocycles. The number of hydrogen-bond donors (Lipinski definition) is 1. The van der Waals surface area contributed by atoms with Crippen LogP contribution in [0.4, 0.5) is 23.2 Å². The first kappa shape index (κ1) is 17.8. The number of amides is 1. The third kappa shape index (κ3) is 3.96. The molecule has 0 unspecified atom stereocenters. The summed E-state index contributed by atoms with van der Waals surface area (Å²) in [5.41, 5.74) is 1.22.